The molecule has 0 N–H and O–H groups in total. The minimum atomic E-state index is -0.181. The number of carbonyl (C=O) groups is 1. The maximum Gasteiger partial charge on any atom is 0.308 e. The number of ether oxygens (including phenoxy) is 2. The fourth-order valence-corrected chi connectivity index (χ4v) is 1.90. The molecule has 0 aromatic heterocycles. The van der Waals surface area contributed by atoms with Crippen LogP contribution in [-0.2, 0) is 14.3 Å². The van der Waals surface area contributed by atoms with Crippen molar-refractivity contribution < 1.29 is 14.3 Å². The lowest BCUT2D eigenvalue weighted by Gasteiger charge is -2.13. The molecule has 0 aliphatic carbocycles. The summed E-state index contributed by atoms with van der Waals surface area (Å²) in [7, 11) is 3.08. The third-order valence-corrected chi connectivity index (χ3v) is 3.08. The molecule has 17 heavy (non-hydrogen) atoms. The number of methoxy groups -OCH3 is 2. The molecule has 0 amide bonds. The molecular weight excluding hydrogens is 216 g/mol. The molecule has 102 valence electrons. The van der Waals surface area contributed by atoms with Gasteiger partial charge in [0, 0.05) is 7.11 Å². The predicted octanol–water partition coefficient (Wildman–Crippen LogP) is 3.71. The Labute approximate surface area is 106 Å². The van der Waals surface area contributed by atoms with Gasteiger partial charge in [-0.15, -0.1) is 0 Å². The van der Waals surface area contributed by atoms with Crippen molar-refractivity contribution in [2.24, 2.45) is 0 Å². The zero-order valence-electron chi connectivity index (χ0n) is 11.7. The maximum atomic E-state index is 11.1. The summed E-state index contributed by atoms with van der Waals surface area (Å²) in [4.78, 5) is 11.1. The van der Waals surface area contributed by atoms with Gasteiger partial charge in [-0.2, -0.15) is 0 Å². The van der Waals surface area contributed by atoms with E-state index in [0.717, 1.165) is 12.8 Å². The molecule has 0 bridgehead atoms. The van der Waals surface area contributed by atoms with E-state index in [2.05, 4.69) is 11.7 Å². The zero-order valence-corrected chi connectivity index (χ0v) is 11.7. The molecule has 3 nitrogen and oxygen atoms in total. The summed E-state index contributed by atoms with van der Waals surface area (Å²) in [5.74, 6) is -0.181. The summed E-state index contributed by atoms with van der Waals surface area (Å²) >= 11 is 0. The average molecular weight is 244 g/mol. The van der Waals surface area contributed by atoms with Crippen LogP contribution in [0, 0.1) is 0 Å². The molecule has 1 atom stereocenters. The molecule has 0 aromatic rings. The van der Waals surface area contributed by atoms with Gasteiger partial charge in [-0.05, 0) is 6.42 Å². The van der Waals surface area contributed by atoms with Crippen molar-refractivity contribution in [1.29, 1.82) is 0 Å². The van der Waals surface area contributed by atoms with Crippen LogP contribution in [0.15, 0.2) is 0 Å². The van der Waals surface area contributed by atoms with Crippen LogP contribution in [0.2, 0.25) is 0 Å². The second kappa shape index (κ2) is 11.9. The number of hydrogen-bond acceptors (Lipinski definition) is 3. The highest BCUT2D eigenvalue weighted by molar-refractivity contribution is 5.69. The Hall–Kier alpha value is -0.570. The van der Waals surface area contributed by atoms with Crippen molar-refractivity contribution >= 4 is 5.97 Å². The number of unbranched alkanes of at least 4 members (excludes halogenated alkanes) is 6. The van der Waals surface area contributed by atoms with Crippen molar-refractivity contribution in [1.82, 2.24) is 0 Å². The van der Waals surface area contributed by atoms with E-state index in [0.29, 0.717) is 6.42 Å². The Bertz CT molecular complexity index is 180. The molecule has 0 rings (SSSR count). The lowest BCUT2D eigenvalue weighted by molar-refractivity contribution is -0.143. The van der Waals surface area contributed by atoms with Crippen molar-refractivity contribution in [2.45, 2.75) is 70.8 Å². The van der Waals surface area contributed by atoms with E-state index in [-0.39, 0.29) is 12.1 Å². The number of carbonyl (C=O) groups excluding carboxylic acids is 1. The van der Waals surface area contributed by atoms with Crippen LogP contribution in [0.4, 0.5) is 0 Å². The Morgan fingerprint density at radius 3 is 2.12 bits per heavy atom. The molecule has 3 heteroatoms. The van der Waals surface area contributed by atoms with E-state index in [4.69, 9.17) is 4.74 Å². The van der Waals surface area contributed by atoms with E-state index in [9.17, 15) is 4.79 Å². The third-order valence-electron chi connectivity index (χ3n) is 3.08. The van der Waals surface area contributed by atoms with Gasteiger partial charge in [0.05, 0.1) is 19.6 Å². The molecule has 0 saturated heterocycles. The van der Waals surface area contributed by atoms with Crippen molar-refractivity contribution in [3.63, 3.8) is 0 Å². The topological polar surface area (TPSA) is 35.5 Å². The first-order chi connectivity index (χ1) is 8.24. The smallest absolute Gasteiger partial charge is 0.308 e. The fourth-order valence-electron chi connectivity index (χ4n) is 1.90. The van der Waals surface area contributed by atoms with Gasteiger partial charge in [-0.1, -0.05) is 51.9 Å². The average Bonchev–Trinajstić information content (AvgIpc) is 2.35. The molecule has 0 fully saturated rings. The van der Waals surface area contributed by atoms with Crippen molar-refractivity contribution in [2.75, 3.05) is 14.2 Å². The molecule has 0 radical (unpaired) electrons. The van der Waals surface area contributed by atoms with Gasteiger partial charge >= 0.3 is 5.97 Å². The first kappa shape index (κ1) is 16.4. The largest absolute Gasteiger partial charge is 0.469 e. The van der Waals surface area contributed by atoms with Gasteiger partial charge < -0.3 is 9.47 Å². The van der Waals surface area contributed by atoms with Gasteiger partial charge in [-0.3, -0.25) is 4.79 Å². The predicted molar refractivity (Wildman–Crippen MR) is 70.0 cm³/mol. The van der Waals surface area contributed by atoms with Gasteiger partial charge in [0.1, 0.15) is 0 Å². The second-order valence-electron chi connectivity index (χ2n) is 4.55. The Kier molecular flexibility index (Phi) is 11.5. The Morgan fingerprint density at radius 2 is 1.59 bits per heavy atom. The molecule has 0 spiro atoms. The quantitative estimate of drug-likeness (QED) is 0.410. The summed E-state index contributed by atoms with van der Waals surface area (Å²) in [5.41, 5.74) is 0. The van der Waals surface area contributed by atoms with Crippen LogP contribution >= 0.6 is 0 Å². The van der Waals surface area contributed by atoms with Gasteiger partial charge in [-0.25, -0.2) is 0 Å². The number of hydrogen-bond donors (Lipinski definition) is 0. The molecule has 0 heterocycles. The lowest BCUT2D eigenvalue weighted by Crippen LogP contribution is -2.17. The summed E-state index contributed by atoms with van der Waals surface area (Å²) in [6, 6.07) is 0. The monoisotopic (exact) mass is 244 g/mol. The van der Waals surface area contributed by atoms with E-state index < -0.39 is 0 Å². The van der Waals surface area contributed by atoms with E-state index >= 15 is 0 Å². The maximum absolute atomic E-state index is 11.1. The Balaban J connectivity index is 3.40. The normalized spacial score (nSPS) is 12.4. The van der Waals surface area contributed by atoms with Crippen LogP contribution in [0.25, 0.3) is 0 Å². The molecule has 0 aromatic carbocycles. The lowest BCUT2D eigenvalue weighted by atomic mass is 10.0. The third kappa shape index (κ3) is 10.3. The molecule has 0 aliphatic rings. The fraction of sp³-hybridized carbons (Fsp3) is 0.929. The molecule has 0 aliphatic heterocycles. The highest BCUT2D eigenvalue weighted by Gasteiger charge is 2.12. The van der Waals surface area contributed by atoms with Crippen LogP contribution < -0.4 is 0 Å². The minimum Gasteiger partial charge on any atom is -0.469 e. The zero-order chi connectivity index (χ0) is 12.9. The van der Waals surface area contributed by atoms with E-state index in [1.807, 2.05) is 0 Å². The SMILES string of the molecule is CCCCCCCCCC(CC(=O)OC)OC. The van der Waals surface area contributed by atoms with Crippen molar-refractivity contribution in [3.8, 4) is 0 Å². The summed E-state index contributed by atoms with van der Waals surface area (Å²) < 4.78 is 9.90. The minimum absolute atomic E-state index is 0.0260. The number of esters is 1. The van der Waals surface area contributed by atoms with Gasteiger partial charge in [0.25, 0.3) is 0 Å². The molecule has 0 saturated carbocycles. The highest BCUT2D eigenvalue weighted by Crippen LogP contribution is 2.13. The first-order valence-corrected chi connectivity index (χ1v) is 6.84. The second-order valence-corrected chi connectivity index (χ2v) is 4.55. The van der Waals surface area contributed by atoms with Crippen LogP contribution in [-0.4, -0.2) is 26.3 Å². The molecular formula is C14H28O3. The summed E-state index contributed by atoms with van der Waals surface area (Å²) in [6.45, 7) is 2.23. The van der Waals surface area contributed by atoms with E-state index in [1.165, 1.54) is 45.6 Å². The first-order valence-electron chi connectivity index (χ1n) is 6.84. The van der Waals surface area contributed by atoms with Crippen molar-refractivity contribution in [3.05, 3.63) is 0 Å². The number of rotatable bonds is 11. The molecule has 1 unspecified atom stereocenters. The highest BCUT2D eigenvalue weighted by atomic mass is 16.5. The summed E-state index contributed by atoms with van der Waals surface area (Å²) in [5, 5.41) is 0. The summed E-state index contributed by atoms with van der Waals surface area (Å²) in [6.07, 6.45) is 10.4. The van der Waals surface area contributed by atoms with Crippen LogP contribution in [0.5, 0.6) is 0 Å². The van der Waals surface area contributed by atoms with Crippen LogP contribution in [0.1, 0.15) is 64.7 Å². The standard InChI is InChI=1S/C14H28O3/c1-4-5-6-7-8-9-10-11-13(16-2)12-14(15)17-3/h13H,4-12H2,1-3H3. The van der Waals surface area contributed by atoms with Gasteiger partial charge in [0.15, 0.2) is 0 Å². The van der Waals surface area contributed by atoms with Gasteiger partial charge in [0.2, 0.25) is 0 Å². The van der Waals surface area contributed by atoms with Crippen LogP contribution in [0.3, 0.4) is 0 Å². The Morgan fingerprint density at radius 1 is 1.00 bits per heavy atom. The van der Waals surface area contributed by atoms with E-state index in [1.54, 1.807) is 7.11 Å².